The second-order valence-electron chi connectivity index (χ2n) is 6.56. The Balaban J connectivity index is 1.89. The molecule has 1 fully saturated rings. The fraction of sp³-hybridized carbons (Fsp3) is 0.286. The Bertz CT molecular complexity index is 841. The Morgan fingerprint density at radius 3 is 2.60 bits per heavy atom. The van der Waals surface area contributed by atoms with Crippen LogP contribution in [0.25, 0.3) is 11.1 Å². The van der Waals surface area contributed by atoms with Crippen LogP contribution in [0.4, 0.5) is 0 Å². The minimum absolute atomic E-state index is 0.104. The van der Waals surface area contributed by atoms with E-state index in [0.717, 1.165) is 53.8 Å². The predicted molar refractivity (Wildman–Crippen MR) is 101 cm³/mol. The highest BCUT2D eigenvalue weighted by Gasteiger charge is 2.38. The van der Waals surface area contributed by atoms with Crippen LogP contribution in [0.3, 0.4) is 0 Å². The zero-order chi connectivity index (χ0) is 17.4. The van der Waals surface area contributed by atoms with Gasteiger partial charge in [-0.25, -0.2) is 0 Å². The van der Waals surface area contributed by atoms with Crippen molar-refractivity contribution in [1.82, 2.24) is 4.90 Å². The van der Waals surface area contributed by atoms with Crippen LogP contribution in [0.1, 0.15) is 30.4 Å². The van der Waals surface area contributed by atoms with Crippen molar-refractivity contribution in [2.45, 2.75) is 25.3 Å². The summed E-state index contributed by atoms with van der Waals surface area (Å²) in [5.74, 6) is 0.918. The van der Waals surface area contributed by atoms with Gasteiger partial charge in [-0.05, 0) is 48.6 Å². The van der Waals surface area contributed by atoms with E-state index < -0.39 is 0 Å². The number of hydrogen-bond donors (Lipinski definition) is 0. The van der Waals surface area contributed by atoms with Gasteiger partial charge in [0.2, 0.25) is 0 Å². The van der Waals surface area contributed by atoms with E-state index in [9.17, 15) is 4.79 Å². The first kappa shape index (κ1) is 16.2. The lowest BCUT2D eigenvalue weighted by atomic mass is 9.85. The summed E-state index contributed by atoms with van der Waals surface area (Å²) in [5.41, 5.74) is 3.72. The number of rotatable bonds is 3. The number of benzene rings is 2. The van der Waals surface area contributed by atoms with Gasteiger partial charge >= 0.3 is 0 Å². The molecule has 4 heteroatoms. The molecular formula is C21H20ClNO2. The molecule has 128 valence electrons. The normalized spacial score (nSPS) is 20.0. The predicted octanol–water partition coefficient (Wildman–Crippen LogP) is 4.65. The Hall–Kier alpha value is -2.26. The Kier molecular flexibility index (Phi) is 4.26. The van der Waals surface area contributed by atoms with Gasteiger partial charge in [0, 0.05) is 23.2 Å². The first-order valence-electron chi connectivity index (χ1n) is 8.62. The summed E-state index contributed by atoms with van der Waals surface area (Å²) in [4.78, 5) is 15.3. The van der Waals surface area contributed by atoms with E-state index in [2.05, 4.69) is 0 Å². The van der Waals surface area contributed by atoms with Crippen LogP contribution in [0.2, 0.25) is 5.02 Å². The largest absolute Gasteiger partial charge is 0.497 e. The SMILES string of the molecule is COc1ccc(C2=C(c3ccccc3Cl)C(=O)N3CCCC3C2)cc1. The van der Waals surface area contributed by atoms with E-state index in [1.807, 2.05) is 53.4 Å². The lowest BCUT2D eigenvalue weighted by Gasteiger charge is -2.33. The van der Waals surface area contributed by atoms with E-state index in [0.29, 0.717) is 11.1 Å². The molecule has 1 atom stereocenters. The Morgan fingerprint density at radius 1 is 1.12 bits per heavy atom. The lowest BCUT2D eigenvalue weighted by Crippen LogP contribution is -2.40. The summed E-state index contributed by atoms with van der Waals surface area (Å²) >= 11 is 6.44. The number of amides is 1. The highest BCUT2D eigenvalue weighted by molar-refractivity contribution is 6.37. The highest BCUT2D eigenvalue weighted by atomic mass is 35.5. The molecule has 0 saturated carbocycles. The highest BCUT2D eigenvalue weighted by Crippen LogP contribution is 2.42. The van der Waals surface area contributed by atoms with Crippen molar-refractivity contribution in [2.24, 2.45) is 0 Å². The van der Waals surface area contributed by atoms with E-state index in [4.69, 9.17) is 16.3 Å². The van der Waals surface area contributed by atoms with Gasteiger partial charge in [0.1, 0.15) is 5.75 Å². The molecule has 2 aliphatic rings. The van der Waals surface area contributed by atoms with Gasteiger partial charge in [0.15, 0.2) is 0 Å². The fourth-order valence-electron chi connectivity index (χ4n) is 3.92. The van der Waals surface area contributed by atoms with Gasteiger partial charge in [0.25, 0.3) is 5.91 Å². The first-order valence-corrected chi connectivity index (χ1v) is 9.00. The molecule has 2 aromatic carbocycles. The molecular weight excluding hydrogens is 334 g/mol. The molecule has 0 bridgehead atoms. The third-order valence-corrected chi connectivity index (χ3v) is 5.50. The van der Waals surface area contributed by atoms with Crippen LogP contribution in [0, 0.1) is 0 Å². The molecule has 0 spiro atoms. The molecule has 1 unspecified atom stereocenters. The number of carbonyl (C=O) groups excluding carboxylic acids is 1. The van der Waals surface area contributed by atoms with Crippen molar-refractivity contribution in [3.63, 3.8) is 0 Å². The van der Waals surface area contributed by atoms with Crippen molar-refractivity contribution in [3.8, 4) is 5.75 Å². The monoisotopic (exact) mass is 353 g/mol. The Morgan fingerprint density at radius 2 is 1.88 bits per heavy atom. The summed E-state index contributed by atoms with van der Waals surface area (Å²) in [7, 11) is 1.66. The van der Waals surface area contributed by atoms with Crippen molar-refractivity contribution >= 4 is 28.7 Å². The zero-order valence-electron chi connectivity index (χ0n) is 14.2. The summed E-state index contributed by atoms with van der Waals surface area (Å²) in [6, 6.07) is 15.9. The topological polar surface area (TPSA) is 29.5 Å². The molecule has 0 aromatic heterocycles. The lowest BCUT2D eigenvalue weighted by molar-refractivity contribution is -0.126. The minimum Gasteiger partial charge on any atom is -0.497 e. The van der Waals surface area contributed by atoms with Crippen LogP contribution in [-0.4, -0.2) is 30.5 Å². The van der Waals surface area contributed by atoms with Gasteiger partial charge in [-0.3, -0.25) is 4.79 Å². The molecule has 2 aliphatic heterocycles. The number of fused-ring (bicyclic) bond motifs is 1. The molecule has 1 saturated heterocycles. The molecule has 25 heavy (non-hydrogen) atoms. The molecule has 0 radical (unpaired) electrons. The summed E-state index contributed by atoms with van der Waals surface area (Å²) in [6.07, 6.45) is 3.02. The number of ether oxygens (including phenoxy) is 1. The first-order chi connectivity index (χ1) is 12.2. The number of carbonyl (C=O) groups is 1. The van der Waals surface area contributed by atoms with E-state index in [-0.39, 0.29) is 5.91 Å². The van der Waals surface area contributed by atoms with Crippen molar-refractivity contribution in [3.05, 3.63) is 64.7 Å². The van der Waals surface area contributed by atoms with Crippen LogP contribution in [0.5, 0.6) is 5.75 Å². The second kappa shape index (κ2) is 6.57. The van der Waals surface area contributed by atoms with Gasteiger partial charge in [0.05, 0.1) is 12.7 Å². The molecule has 3 nitrogen and oxygen atoms in total. The third-order valence-electron chi connectivity index (χ3n) is 5.18. The molecule has 4 rings (SSSR count). The fourth-order valence-corrected chi connectivity index (χ4v) is 4.15. The van der Waals surface area contributed by atoms with Gasteiger partial charge in [-0.1, -0.05) is 41.9 Å². The molecule has 2 heterocycles. The van der Waals surface area contributed by atoms with Gasteiger partial charge in [-0.15, -0.1) is 0 Å². The van der Waals surface area contributed by atoms with Crippen molar-refractivity contribution in [1.29, 1.82) is 0 Å². The van der Waals surface area contributed by atoms with Crippen LogP contribution >= 0.6 is 11.6 Å². The quantitative estimate of drug-likeness (QED) is 0.803. The summed E-state index contributed by atoms with van der Waals surface area (Å²) < 4.78 is 5.27. The van der Waals surface area contributed by atoms with Crippen molar-refractivity contribution < 1.29 is 9.53 Å². The maximum Gasteiger partial charge on any atom is 0.255 e. The van der Waals surface area contributed by atoms with E-state index >= 15 is 0 Å². The summed E-state index contributed by atoms with van der Waals surface area (Å²) in [6.45, 7) is 0.841. The van der Waals surface area contributed by atoms with Crippen LogP contribution in [0.15, 0.2) is 48.5 Å². The molecule has 2 aromatic rings. The van der Waals surface area contributed by atoms with Crippen LogP contribution in [-0.2, 0) is 4.79 Å². The average molecular weight is 354 g/mol. The van der Waals surface area contributed by atoms with E-state index in [1.54, 1.807) is 7.11 Å². The van der Waals surface area contributed by atoms with Crippen molar-refractivity contribution in [2.75, 3.05) is 13.7 Å². The molecule has 1 amide bonds. The molecule has 0 N–H and O–H groups in total. The number of methoxy groups -OCH3 is 1. The Labute approximate surface area is 152 Å². The minimum atomic E-state index is 0.104. The van der Waals surface area contributed by atoms with E-state index in [1.165, 1.54) is 0 Å². The van der Waals surface area contributed by atoms with Gasteiger partial charge < -0.3 is 9.64 Å². The standard InChI is InChI=1S/C21H20ClNO2/c1-25-16-10-8-14(9-11-16)18-13-15-5-4-12-23(15)21(24)20(18)17-6-2-3-7-19(17)22/h2-3,6-11,15H,4-5,12-13H2,1H3. The average Bonchev–Trinajstić information content (AvgIpc) is 3.12. The second-order valence-corrected chi connectivity index (χ2v) is 6.97. The van der Waals surface area contributed by atoms with Gasteiger partial charge in [-0.2, -0.15) is 0 Å². The number of nitrogens with zero attached hydrogens (tertiary/aromatic N) is 1. The molecule has 0 aliphatic carbocycles. The zero-order valence-corrected chi connectivity index (χ0v) is 14.9. The smallest absolute Gasteiger partial charge is 0.255 e. The van der Waals surface area contributed by atoms with Crippen LogP contribution < -0.4 is 4.74 Å². The maximum atomic E-state index is 13.3. The number of halogens is 1. The summed E-state index contributed by atoms with van der Waals surface area (Å²) in [5, 5.41) is 0.620. The third kappa shape index (κ3) is 2.83. The maximum absolute atomic E-state index is 13.3. The number of hydrogen-bond acceptors (Lipinski definition) is 2.